The molecule has 0 saturated carbocycles. The molecule has 0 fully saturated rings. The van der Waals surface area contributed by atoms with Gasteiger partial charge in [-0.3, -0.25) is 0 Å². The van der Waals surface area contributed by atoms with Crippen molar-refractivity contribution in [3.63, 3.8) is 0 Å². The van der Waals surface area contributed by atoms with E-state index in [0.717, 1.165) is 10.9 Å². The fourth-order valence-electron chi connectivity index (χ4n) is 1.45. The van der Waals surface area contributed by atoms with Gasteiger partial charge in [0.1, 0.15) is 0 Å². The standard InChI is InChI=1S/C12H18BrNS/c1-3-15-9-12(14-2)8-10-5-4-6-11(13)7-10/h4-7,12,14H,3,8-9H2,1-2H3. The lowest BCUT2D eigenvalue weighted by atomic mass is 10.1. The van der Waals surface area contributed by atoms with Crippen molar-refractivity contribution in [3.05, 3.63) is 34.3 Å². The van der Waals surface area contributed by atoms with E-state index >= 15 is 0 Å². The average molecular weight is 288 g/mol. The Bertz CT molecular complexity index is 291. The molecular weight excluding hydrogens is 270 g/mol. The molecule has 1 unspecified atom stereocenters. The predicted molar refractivity (Wildman–Crippen MR) is 73.7 cm³/mol. The van der Waals surface area contributed by atoms with Crippen LogP contribution in [0.25, 0.3) is 0 Å². The first-order valence-corrected chi connectivity index (χ1v) is 7.20. The van der Waals surface area contributed by atoms with Crippen LogP contribution in [0.15, 0.2) is 28.7 Å². The number of hydrogen-bond acceptors (Lipinski definition) is 2. The van der Waals surface area contributed by atoms with Crippen LogP contribution in [0.5, 0.6) is 0 Å². The highest BCUT2D eigenvalue weighted by Gasteiger charge is 2.06. The van der Waals surface area contributed by atoms with E-state index in [9.17, 15) is 0 Å². The molecule has 0 radical (unpaired) electrons. The first-order valence-electron chi connectivity index (χ1n) is 5.25. The molecule has 84 valence electrons. The molecule has 1 aromatic rings. The lowest BCUT2D eigenvalue weighted by molar-refractivity contribution is 0.617. The van der Waals surface area contributed by atoms with Crippen molar-refractivity contribution in [1.82, 2.24) is 5.32 Å². The summed E-state index contributed by atoms with van der Waals surface area (Å²) in [6, 6.07) is 9.12. The Hall–Kier alpha value is 0.01000. The van der Waals surface area contributed by atoms with E-state index < -0.39 is 0 Å². The normalized spacial score (nSPS) is 12.7. The van der Waals surface area contributed by atoms with Gasteiger partial charge in [0.15, 0.2) is 0 Å². The van der Waals surface area contributed by atoms with Crippen molar-refractivity contribution in [2.24, 2.45) is 0 Å². The molecule has 3 heteroatoms. The summed E-state index contributed by atoms with van der Waals surface area (Å²) in [4.78, 5) is 0. The third-order valence-corrected chi connectivity index (χ3v) is 3.84. The van der Waals surface area contributed by atoms with Gasteiger partial charge in [0.05, 0.1) is 0 Å². The summed E-state index contributed by atoms with van der Waals surface area (Å²) in [6.07, 6.45) is 1.10. The SMILES string of the molecule is CCSCC(Cc1cccc(Br)c1)NC. The molecule has 0 aromatic heterocycles. The van der Waals surface area contributed by atoms with Crippen LogP contribution in [-0.4, -0.2) is 24.6 Å². The maximum atomic E-state index is 3.50. The smallest absolute Gasteiger partial charge is 0.0195 e. The van der Waals surface area contributed by atoms with Crippen LogP contribution in [0, 0.1) is 0 Å². The Morgan fingerprint density at radius 3 is 2.87 bits per heavy atom. The number of hydrogen-bond donors (Lipinski definition) is 1. The van der Waals surface area contributed by atoms with E-state index in [4.69, 9.17) is 0 Å². The van der Waals surface area contributed by atoms with Gasteiger partial charge >= 0.3 is 0 Å². The molecule has 15 heavy (non-hydrogen) atoms. The van der Waals surface area contributed by atoms with Crippen LogP contribution in [0.4, 0.5) is 0 Å². The summed E-state index contributed by atoms with van der Waals surface area (Å²) in [5, 5.41) is 3.37. The topological polar surface area (TPSA) is 12.0 Å². The van der Waals surface area contributed by atoms with E-state index in [0.29, 0.717) is 6.04 Å². The van der Waals surface area contributed by atoms with Gasteiger partial charge in [0.25, 0.3) is 0 Å². The van der Waals surface area contributed by atoms with Gasteiger partial charge in [-0.2, -0.15) is 11.8 Å². The minimum absolute atomic E-state index is 0.573. The largest absolute Gasteiger partial charge is 0.316 e. The van der Waals surface area contributed by atoms with Gasteiger partial charge < -0.3 is 5.32 Å². The van der Waals surface area contributed by atoms with Crippen molar-refractivity contribution >= 4 is 27.7 Å². The molecule has 0 aliphatic carbocycles. The minimum Gasteiger partial charge on any atom is -0.316 e. The zero-order valence-electron chi connectivity index (χ0n) is 9.29. The zero-order chi connectivity index (χ0) is 11.1. The highest BCUT2D eigenvalue weighted by atomic mass is 79.9. The maximum Gasteiger partial charge on any atom is 0.0195 e. The van der Waals surface area contributed by atoms with Gasteiger partial charge in [-0.25, -0.2) is 0 Å². The minimum atomic E-state index is 0.573. The predicted octanol–water partition coefficient (Wildman–Crippen LogP) is 3.33. The van der Waals surface area contributed by atoms with Gasteiger partial charge in [-0.15, -0.1) is 0 Å². The molecule has 1 N–H and O–H groups in total. The Morgan fingerprint density at radius 1 is 1.47 bits per heavy atom. The van der Waals surface area contributed by atoms with E-state index in [1.165, 1.54) is 17.1 Å². The Labute approximate surface area is 105 Å². The van der Waals surface area contributed by atoms with Crippen LogP contribution in [-0.2, 0) is 6.42 Å². The second-order valence-electron chi connectivity index (χ2n) is 3.48. The van der Waals surface area contributed by atoms with Crippen molar-refractivity contribution in [2.75, 3.05) is 18.6 Å². The van der Waals surface area contributed by atoms with Crippen LogP contribution < -0.4 is 5.32 Å². The van der Waals surface area contributed by atoms with Crippen molar-refractivity contribution in [3.8, 4) is 0 Å². The van der Waals surface area contributed by atoms with Gasteiger partial charge in [0, 0.05) is 16.3 Å². The summed E-state index contributed by atoms with van der Waals surface area (Å²) in [5.41, 5.74) is 1.39. The Kier molecular flexibility index (Phi) is 6.37. The third-order valence-electron chi connectivity index (χ3n) is 2.30. The number of benzene rings is 1. The van der Waals surface area contributed by atoms with Crippen LogP contribution in [0.2, 0.25) is 0 Å². The summed E-state index contributed by atoms with van der Waals surface area (Å²) >= 11 is 5.49. The molecule has 0 saturated heterocycles. The second-order valence-corrected chi connectivity index (χ2v) is 5.71. The number of thioether (sulfide) groups is 1. The molecule has 0 amide bonds. The van der Waals surface area contributed by atoms with Gasteiger partial charge in [0.2, 0.25) is 0 Å². The van der Waals surface area contributed by atoms with Crippen LogP contribution in [0.3, 0.4) is 0 Å². The number of halogens is 1. The fraction of sp³-hybridized carbons (Fsp3) is 0.500. The van der Waals surface area contributed by atoms with E-state index in [1.54, 1.807) is 0 Å². The number of likely N-dealkylation sites (N-methyl/N-ethyl adjacent to an activating group) is 1. The molecule has 0 aliphatic rings. The van der Waals surface area contributed by atoms with Crippen molar-refractivity contribution < 1.29 is 0 Å². The highest BCUT2D eigenvalue weighted by Crippen LogP contribution is 2.14. The molecule has 0 heterocycles. The molecular formula is C12H18BrNS. The average Bonchev–Trinajstić information content (AvgIpc) is 2.24. The Balaban J connectivity index is 2.50. The van der Waals surface area contributed by atoms with E-state index in [1.807, 2.05) is 18.8 Å². The van der Waals surface area contributed by atoms with Gasteiger partial charge in [-0.05, 0) is 36.9 Å². The molecule has 0 aliphatic heterocycles. The van der Waals surface area contributed by atoms with Crippen molar-refractivity contribution in [1.29, 1.82) is 0 Å². The molecule has 0 spiro atoms. The van der Waals surface area contributed by atoms with Crippen LogP contribution >= 0.6 is 27.7 Å². The first-order chi connectivity index (χ1) is 7.26. The lowest BCUT2D eigenvalue weighted by Crippen LogP contribution is -2.30. The van der Waals surface area contributed by atoms with Crippen LogP contribution in [0.1, 0.15) is 12.5 Å². The first kappa shape index (κ1) is 13.1. The molecule has 0 bridgehead atoms. The summed E-state index contributed by atoms with van der Waals surface area (Å²) < 4.78 is 1.16. The van der Waals surface area contributed by atoms with E-state index in [-0.39, 0.29) is 0 Å². The number of nitrogens with one attached hydrogen (secondary N) is 1. The van der Waals surface area contributed by atoms with E-state index in [2.05, 4.69) is 52.4 Å². The molecule has 1 nitrogen and oxygen atoms in total. The number of rotatable bonds is 6. The molecule has 1 atom stereocenters. The fourth-order valence-corrected chi connectivity index (χ4v) is 2.70. The summed E-state index contributed by atoms with van der Waals surface area (Å²) in [6.45, 7) is 2.20. The monoisotopic (exact) mass is 287 g/mol. The third kappa shape index (κ3) is 5.05. The Morgan fingerprint density at radius 2 is 2.27 bits per heavy atom. The van der Waals surface area contributed by atoms with Gasteiger partial charge in [-0.1, -0.05) is 35.0 Å². The quantitative estimate of drug-likeness (QED) is 0.861. The molecule has 1 rings (SSSR count). The second kappa shape index (κ2) is 7.31. The molecule has 1 aromatic carbocycles. The summed E-state index contributed by atoms with van der Waals surface area (Å²) in [5.74, 6) is 2.37. The lowest BCUT2D eigenvalue weighted by Gasteiger charge is -2.15. The zero-order valence-corrected chi connectivity index (χ0v) is 11.7. The van der Waals surface area contributed by atoms with Crippen molar-refractivity contribution in [2.45, 2.75) is 19.4 Å². The summed E-state index contributed by atoms with van der Waals surface area (Å²) in [7, 11) is 2.04. The maximum absolute atomic E-state index is 3.50. The highest BCUT2D eigenvalue weighted by molar-refractivity contribution is 9.10.